The Balaban J connectivity index is 1.91. The molecule has 1 aromatic heterocycles. The maximum absolute atomic E-state index is 11.6. The van der Waals surface area contributed by atoms with Crippen LogP contribution in [0.25, 0.3) is 0 Å². The summed E-state index contributed by atoms with van der Waals surface area (Å²) in [6.45, 7) is 0.611. The molecular weight excluding hydrogens is 212 g/mol. The minimum absolute atomic E-state index is 0.000462. The molecule has 3 nitrogen and oxygen atoms in total. The highest BCUT2D eigenvalue weighted by molar-refractivity contribution is 5.35. The molecule has 0 unspecified atom stereocenters. The van der Waals surface area contributed by atoms with Crippen molar-refractivity contribution >= 4 is 0 Å². The Bertz CT molecular complexity index is 601. The molecule has 0 bridgehead atoms. The van der Waals surface area contributed by atoms with Gasteiger partial charge in [-0.25, -0.2) is 4.98 Å². The fraction of sp³-hybridized carbons (Fsp3) is 0.286. The Labute approximate surface area is 99.8 Å². The van der Waals surface area contributed by atoms with Crippen LogP contribution in [0.1, 0.15) is 23.1 Å². The van der Waals surface area contributed by atoms with Gasteiger partial charge in [0.15, 0.2) is 0 Å². The number of rotatable bonds is 2. The smallest absolute Gasteiger partial charge is 0.253 e. The molecule has 0 aliphatic heterocycles. The Morgan fingerprint density at radius 2 is 2.06 bits per heavy atom. The second-order valence-electron chi connectivity index (χ2n) is 4.50. The number of hydrogen-bond donors (Lipinski definition) is 0. The third-order valence-corrected chi connectivity index (χ3v) is 3.31. The number of nitrogens with zero attached hydrogens (tertiary/aromatic N) is 2. The van der Waals surface area contributed by atoms with Crippen molar-refractivity contribution in [2.24, 2.45) is 0 Å². The summed E-state index contributed by atoms with van der Waals surface area (Å²) in [5.41, 5.74) is 4.09. The first kappa shape index (κ1) is 10.3. The molecule has 0 atom stereocenters. The summed E-state index contributed by atoms with van der Waals surface area (Å²) in [5, 5.41) is 0. The van der Waals surface area contributed by atoms with Crippen molar-refractivity contribution in [2.75, 3.05) is 0 Å². The van der Waals surface area contributed by atoms with Gasteiger partial charge >= 0.3 is 0 Å². The third-order valence-electron chi connectivity index (χ3n) is 3.31. The molecule has 0 radical (unpaired) electrons. The van der Waals surface area contributed by atoms with Gasteiger partial charge in [0.05, 0.1) is 12.9 Å². The van der Waals surface area contributed by atoms with E-state index in [0.29, 0.717) is 6.54 Å². The second-order valence-corrected chi connectivity index (χ2v) is 4.50. The number of hydrogen-bond acceptors (Lipinski definition) is 2. The molecular formula is C14H14N2O. The van der Waals surface area contributed by atoms with Crippen molar-refractivity contribution in [1.29, 1.82) is 0 Å². The van der Waals surface area contributed by atoms with Crippen LogP contribution in [0.3, 0.4) is 0 Å². The summed E-state index contributed by atoms with van der Waals surface area (Å²) in [5.74, 6) is 0. The van der Waals surface area contributed by atoms with E-state index in [1.165, 1.54) is 48.2 Å². The highest BCUT2D eigenvalue weighted by atomic mass is 16.1. The Morgan fingerprint density at radius 3 is 2.94 bits per heavy atom. The SMILES string of the molecule is O=c1ccncn1Cc1ccc2c(c1)CCC2. The van der Waals surface area contributed by atoms with E-state index in [1.54, 1.807) is 10.9 Å². The average molecular weight is 226 g/mol. The summed E-state index contributed by atoms with van der Waals surface area (Å²) in [7, 11) is 0. The number of aryl methyl sites for hydroxylation is 2. The van der Waals surface area contributed by atoms with Gasteiger partial charge in [0.1, 0.15) is 0 Å². The molecule has 0 spiro atoms. The van der Waals surface area contributed by atoms with E-state index in [-0.39, 0.29) is 5.56 Å². The lowest BCUT2D eigenvalue weighted by atomic mass is 10.1. The fourth-order valence-corrected chi connectivity index (χ4v) is 2.42. The van der Waals surface area contributed by atoms with Gasteiger partial charge in [0, 0.05) is 12.3 Å². The van der Waals surface area contributed by atoms with Crippen LogP contribution < -0.4 is 5.56 Å². The van der Waals surface area contributed by atoms with Crippen molar-refractivity contribution in [2.45, 2.75) is 25.8 Å². The lowest BCUT2D eigenvalue weighted by Crippen LogP contribution is -2.19. The van der Waals surface area contributed by atoms with Crippen LogP contribution in [-0.4, -0.2) is 9.55 Å². The summed E-state index contributed by atoms with van der Waals surface area (Å²) in [4.78, 5) is 15.6. The lowest BCUT2D eigenvalue weighted by molar-refractivity contribution is 0.735. The van der Waals surface area contributed by atoms with E-state index in [4.69, 9.17) is 0 Å². The molecule has 0 fully saturated rings. The van der Waals surface area contributed by atoms with Crippen molar-refractivity contribution in [3.63, 3.8) is 0 Å². The molecule has 2 aromatic rings. The fourth-order valence-electron chi connectivity index (χ4n) is 2.42. The predicted molar refractivity (Wildman–Crippen MR) is 66.1 cm³/mol. The molecule has 0 N–H and O–H groups in total. The van der Waals surface area contributed by atoms with Gasteiger partial charge in [-0.1, -0.05) is 18.2 Å². The molecule has 3 rings (SSSR count). The molecule has 1 aliphatic rings. The van der Waals surface area contributed by atoms with Gasteiger partial charge in [0.25, 0.3) is 5.56 Å². The average Bonchev–Trinajstić information content (AvgIpc) is 2.79. The molecule has 1 aliphatic carbocycles. The van der Waals surface area contributed by atoms with Crippen LogP contribution in [0.2, 0.25) is 0 Å². The number of aromatic nitrogens is 2. The summed E-state index contributed by atoms with van der Waals surface area (Å²) in [6.07, 6.45) is 6.75. The Morgan fingerprint density at radius 1 is 1.18 bits per heavy atom. The Hall–Kier alpha value is -1.90. The van der Waals surface area contributed by atoms with Crippen LogP contribution in [-0.2, 0) is 19.4 Å². The highest BCUT2D eigenvalue weighted by Crippen LogP contribution is 2.22. The summed E-state index contributed by atoms with van der Waals surface area (Å²) >= 11 is 0. The summed E-state index contributed by atoms with van der Waals surface area (Å²) in [6, 6.07) is 8.03. The molecule has 1 heterocycles. The molecule has 86 valence electrons. The normalized spacial score (nSPS) is 13.6. The van der Waals surface area contributed by atoms with Crippen molar-refractivity contribution < 1.29 is 0 Å². The zero-order valence-corrected chi connectivity index (χ0v) is 9.60. The first-order valence-corrected chi connectivity index (χ1v) is 5.94. The van der Waals surface area contributed by atoms with Crippen LogP contribution in [0.15, 0.2) is 41.6 Å². The maximum atomic E-state index is 11.6. The van der Waals surface area contributed by atoms with E-state index in [2.05, 4.69) is 23.2 Å². The largest absolute Gasteiger partial charge is 0.295 e. The van der Waals surface area contributed by atoms with Crippen molar-refractivity contribution in [1.82, 2.24) is 9.55 Å². The molecule has 17 heavy (non-hydrogen) atoms. The maximum Gasteiger partial charge on any atom is 0.253 e. The van der Waals surface area contributed by atoms with Gasteiger partial charge < -0.3 is 0 Å². The lowest BCUT2D eigenvalue weighted by Gasteiger charge is -2.06. The quantitative estimate of drug-likeness (QED) is 0.782. The number of benzene rings is 1. The zero-order chi connectivity index (χ0) is 11.7. The minimum atomic E-state index is 0.000462. The van der Waals surface area contributed by atoms with E-state index in [1.807, 2.05) is 0 Å². The minimum Gasteiger partial charge on any atom is -0.295 e. The highest BCUT2D eigenvalue weighted by Gasteiger charge is 2.10. The van der Waals surface area contributed by atoms with Crippen LogP contribution in [0.4, 0.5) is 0 Å². The molecule has 1 aromatic carbocycles. The molecule has 0 saturated carbocycles. The van der Waals surface area contributed by atoms with Crippen LogP contribution in [0, 0.1) is 0 Å². The zero-order valence-electron chi connectivity index (χ0n) is 9.60. The predicted octanol–water partition coefficient (Wildman–Crippen LogP) is 1.78. The number of fused-ring (bicyclic) bond motifs is 1. The van der Waals surface area contributed by atoms with Gasteiger partial charge in [-0.15, -0.1) is 0 Å². The first-order chi connectivity index (χ1) is 8.33. The topological polar surface area (TPSA) is 34.9 Å². The van der Waals surface area contributed by atoms with Gasteiger partial charge in [-0.2, -0.15) is 0 Å². The first-order valence-electron chi connectivity index (χ1n) is 5.94. The molecule has 0 amide bonds. The van der Waals surface area contributed by atoms with E-state index in [0.717, 1.165) is 0 Å². The van der Waals surface area contributed by atoms with E-state index in [9.17, 15) is 4.79 Å². The second kappa shape index (κ2) is 4.17. The van der Waals surface area contributed by atoms with Gasteiger partial charge in [0.2, 0.25) is 0 Å². The van der Waals surface area contributed by atoms with Crippen LogP contribution in [0.5, 0.6) is 0 Å². The van der Waals surface area contributed by atoms with E-state index < -0.39 is 0 Å². The van der Waals surface area contributed by atoms with Crippen molar-refractivity contribution in [3.8, 4) is 0 Å². The Kier molecular flexibility index (Phi) is 2.52. The molecule has 0 saturated heterocycles. The third kappa shape index (κ3) is 2.00. The van der Waals surface area contributed by atoms with Gasteiger partial charge in [-0.3, -0.25) is 9.36 Å². The monoisotopic (exact) mass is 226 g/mol. The molecule has 3 heteroatoms. The van der Waals surface area contributed by atoms with Crippen LogP contribution >= 0.6 is 0 Å². The summed E-state index contributed by atoms with van der Waals surface area (Å²) < 4.78 is 1.64. The van der Waals surface area contributed by atoms with E-state index >= 15 is 0 Å². The standard InChI is InChI=1S/C14H14N2O/c17-14-6-7-15-10-16(14)9-11-4-5-12-2-1-3-13(12)8-11/h4-8,10H,1-3,9H2. The van der Waals surface area contributed by atoms with Gasteiger partial charge in [-0.05, 0) is 36.0 Å². The van der Waals surface area contributed by atoms with Crippen molar-refractivity contribution in [3.05, 3.63) is 63.8 Å².